The Morgan fingerprint density at radius 3 is 2.71 bits per heavy atom. The first kappa shape index (κ1) is 12.4. The van der Waals surface area contributed by atoms with Crippen molar-refractivity contribution in [2.45, 2.75) is 45.4 Å². The van der Waals surface area contributed by atoms with Gasteiger partial charge in [0.25, 0.3) is 0 Å². The van der Waals surface area contributed by atoms with Gasteiger partial charge in [0.15, 0.2) is 0 Å². The molecule has 0 saturated heterocycles. The molecule has 1 saturated carbocycles. The van der Waals surface area contributed by atoms with Gasteiger partial charge in [-0.25, -0.2) is 0 Å². The molecule has 0 atom stereocenters. The standard InChI is InChI=1S/C12H25NS/c1-2-14-11-10-13-9-5-8-12-6-3-4-7-12/h12-13H,2-11H2,1H3. The zero-order valence-electron chi connectivity index (χ0n) is 9.56. The molecule has 0 radical (unpaired) electrons. The molecular formula is C12H25NS. The lowest BCUT2D eigenvalue weighted by molar-refractivity contribution is 0.473. The van der Waals surface area contributed by atoms with E-state index in [1.165, 1.54) is 63.1 Å². The van der Waals surface area contributed by atoms with Crippen LogP contribution in [-0.2, 0) is 0 Å². The first-order valence-corrected chi connectivity index (χ1v) is 7.37. The minimum Gasteiger partial charge on any atom is -0.316 e. The second kappa shape index (κ2) is 8.60. The molecule has 1 fully saturated rings. The number of nitrogens with one attached hydrogen (secondary N) is 1. The molecule has 2 heteroatoms. The van der Waals surface area contributed by atoms with Crippen molar-refractivity contribution >= 4 is 11.8 Å². The summed E-state index contributed by atoms with van der Waals surface area (Å²) in [6, 6.07) is 0. The summed E-state index contributed by atoms with van der Waals surface area (Å²) in [4.78, 5) is 0. The van der Waals surface area contributed by atoms with Crippen molar-refractivity contribution in [2.24, 2.45) is 5.92 Å². The first-order valence-electron chi connectivity index (χ1n) is 6.22. The van der Waals surface area contributed by atoms with E-state index >= 15 is 0 Å². The van der Waals surface area contributed by atoms with Crippen LogP contribution in [0.4, 0.5) is 0 Å². The normalized spacial score (nSPS) is 17.8. The van der Waals surface area contributed by atoms with Crippen LogP contribution in [0, 0.1) is 5.92 Å². The molecule has 1 N–H and O–H groups in total. The Hall–Kier alpha value is 0.310. The van der Waals surface area contributed by atoms with E-state index in [0.29, 0.717) is 0 Å². The Morgan fingerprint density at radius 1 is 1.21 bits per heavy atom. The van der Waals surface area contributed by atoms with Gasteiger partial charge in [-0.15, -0.1) is 0 Å². The lowest BCUT2D eigenvalue weighted by Gasteiger charge is -2.08. The third-order valence-electron chi connectivity index (χ3n) is 3.07. The smallest absolute Gasteiger partial charge is 0.00579 e. The Balaban J connectivity index is 1.75. The maximum atomic E-state index is 3.52. The molecule has 0 spiro atoms. The van der Waals surface area contributed by atoms with E-state index in [0.717, 1.165) is 5.92 Å². The third kappa shape index (κ3) is 5.92. The second-order valence-electron chi connectivity index (χ2n) is 4.24. The second-order valence-corrected chi connectivity index (χ2v) is 5.63. The van der Waals surface area contributed by atoms with Crippen LogP contribution < -0.4 is 5.32 Å². The molecule has 14 heavy (non-hydrogen) atoms. The van der Waals surface area contributed by atoms with Crippen molar-refractivity contribution in [2.75, 3.05) is 24.6 Å². The van der Waals surface area contributed by atoms with Gasteiger partial charge in [0.05, 0.1) is 0 Å². The van der Waals surface area contributed by atoms with Crippen LogP contribution in [0.3, 0.4) is 0 Å². The molecule has 1 rings (SSSR count). The Labute approximate surface area is 93.4 Å². The highest BCUT2D eigenvalue weighted by molar-refractivity contribution is 7.99. The highest BCUT2D eigenvalue weighted by Crippen LogP contribution is 2.28. The van der Waals surface area contributed by atoms with Gasteiger partial charge >= 0.3 is 0 Å². The summed E-state index contributed by atoms with van der Waals surface area (Å²) < 4.78 is 0. The van der Waals surface area contributed by atoms with E-state index in [-0.39, 0.29) is 0 Å². The van der Waals surface area contributed by atoms with Gasteiger partial charge in [-0.2, -0.15) is 11.8 Å². The fourth-order valence-corrected chi connectivity index (χ4v) is 2.81. The van der Waals surface area contributed by atoms with E-state index in [1.807, 2.05) is 11.8 Å². The molecule has 84 valence electrons. The van der Waals surface area contributed by atoms with Crippen molar-refractivity contribution in [1.29, 1.82) is 0 Å². The van der Waals surface area contributed by atoms with Gasteiger partial charge in [-0.1, -0.05) is 32.6 Å². The summed E-state index contributed by atoms with van der Waals surface area (Å²) in [6.07, 6.45) is 8.85. The summed E-state index contributed by atoms with van der Waals surface area (Å²) in [6.45, 7) is 4.66. The fourth-order valence-electron chi connectivity index (χ4n) is 2.23. The third-order valence-corrected chi connectivity index (χ3v) is 3.97. The van der Waals surface area contributed by atoms with Gasteiger partial charge in [-0.3, -0.25) is 0 Å². The van der Waals surface area contributed by atoms with E-state index in [1.54, 1.807) is 0 Å². The van der Waals surface area contributed by atoms with Gasteiger partial charge in [0.2, 0.25) is 0 Å². The summed E-state index contributed by atoms with van der Waals surface area (Å²) in [7, 11) is 0. The Bertz CT molecular complexity index is 121. The lowest BCUT2D eigenvalue weighted by Crippen LogP contribution is -2.19. The number of rotatable bonds is 8. The van der Waals surface area contributed by atoms with Crippen LogP contribution in [0.5, 0.6) is 0 Å². The molecule has 0 amide bonds. The van der Waals surface area contributed by atoms with Crippen LogP contribution in [0.2, 0.25) is 0 Å². The fraction of sp³-hybridized carbons (Fsp3) is 1.00. The van der Waals surface area contributed by atoms with E-state index in [9.17, 15) is 0 Å². The zero-order valence-corrected chi connectivity index (χ0v) is 10.4. The van der Waals surface area contributed by atoms with E-state index in [2.05, 4.69) is 12.2 Å². The first-order chi connectivity index (χ1) is 6.93. The van der Waals surface area contributed by atoms with E-state index in [4.69, 9.17) is 0 Å². The predicted octanol–water partition coefficient (Wildman–Crippen LogP) is 3.30. The molecule has 0 aromatic rings. The molecule has 0 unspecified atom stereocenters. The highest BCUT2D eigenvalue weighted by atomic mass is 32.2. The topological polar surface area (TPSA) is 12.0 Å². The number of hydrogen-bond donors (Lipinski definition) is 1. The molecule has 0 aromatic carbocycles. The molecule has 1 aliphatic carbocycles. The zero-order chi connectivity index (χ0) is 10.1. The SMILES string of the molecule is CCSCCNCCCC1CCCC1. The lowest BCUT2D eigenvalue weighted by atomic mass is 10.0. The van der Waals surface area contributed by atoms with Gasteiger partial charge in [0.1, 0.15) is 0 Å². The monoisotopic (exact) mass is 215 g/mol. The Kier molecular flexibility index (Phi) is 7.61. The highest BCUT2D eigenvalue weighted by Gasteiger charge is 2.13. The molecule has 1 aliphatic rings. The molecule has 0 bridgehead atoms. The van der Waals surface area contributed by atoms with Crippen molar-refractivity contribution < 1.29 is 0 Å². The average molecular weight is 215 g/mol. The van der Waals surface area contributed by atoms with Gasteiger partial charge < -0.3 is 5.32 Å². The van der Waals surface area contributed by atoms with Crippen molar-refractivity contribution in [1.82, 2.24) is 5.32 Å². The molecule has 1 nitrogen and oxygen atoms in total. The average Bonchev–Trinajstić information content (AvgIpc) is 2.69. The van der Waals surface area contributed by atoms with Crippen LogP contribution in [0.15, 0.2) is 0 Å². The summed E-state index contributed by atoms with van der Waals surface area (Å²) in [5.74, 6) is 3.60. The van der Waals surface area contributed by atoms with E-state index < -0.39 is 0 Å². The molecular weight excluding hydrogens is 190 g/mol. The molecule has 0 aromatic heterocycles. The minimum atomic E-state index is 1.07. The summed E-state index contributed by atoms with van der Waals surface area (Å²) in [5.41, 5.74) is 0. The quantitative estimate of drug-likeness (QED) is 0.624. The summed E-state index contributed by atoms with van der Waals surface area (Å²) in [5, 5.41) is 3.52. The van der Waals surface area contributed by atoms with Crippen LogP contribution in [-0.4, -0.2) is 24.6 Å². The maximum absolute atomic E-state index is 3.52. The van der Waals surface area contributed by atoms with Crippen LogP contribution in [0.25, 0.3) is 0 Å². The van der Waals surface area contributed by atoms with Gasteiger partial charge in [0, 0.05) is 12.3 Å². The minimum absolute atomic E-state index is 1.07. The summed E-state index contributed by atoms with van der Waals surface area (Å²) >= 11 is 2.03. The van der Waals surface area contributed by atoms with Crippen molar-refractivity contribution in [3.05, 3.63) is 0 Å². The molecule has 0 heterocycles. The molecule has 0 aliphatic heterocycles. The van der Waals surface area contributed by atoms with Crippen LogP contribution in [0.1, 0.15) is 45.4 Å². The number of hydrogen-bond acceptors (Lipinski definition) is 2. The number of thioether (sulfide) groups is 1. The van der Waals surface area contributed by atoms with Gasteiger partial charge in [-0.05, 0) is 31.1 Å². The van der Waals surface area contributed by atoms with Crippen LogP contribution >= 0.6 is 11.8 Å². The predicted molar refractivity (Wildman–Crippen MR) is 67.1 cm³/mol. The largest absolute Gasteiger partial charge is 0.316 e. The maximum Gasteiger partial charge on any atom is 0.00579 e. The van der Waals surface area contributed by atoms with Crippen molar-refractivity contribution in [3.8, 4) is 0 Å². The Morgan fingerprint density at radius 2 is 2.00 bits per heavy atom. The van der Waals surface area contributed by atoms with Crippen molar-refractivity contribution in [3.63, 3.8) is 0 Å².